The topological polar surface area (TPSA) is 98.3 Å². The van der Waals surface area contributed by atoms with E-state index < -0.39 is 0 Å². The molecule has 0 saturated carbocycles. The first kappa shape index (κ1) is 20.8. The van der Waals surface area contributed by atoms with Crippen LogP contribution in [0.1, 0.15) is 17.0 Å². The van der Waals surface area contributed by atoms with Crippen LogP contribution in [0.15, 0.2) is 87.8 Å². The van der Waals surface area contributed by atoms with E-state index in [1.807, 2.05) is 24.3 Å². The summed E-state index contributed by atoms with van der Waals surface area (Å²) in [4.78, 5) is 22.9. The molecule has 4 aromatic rings. The van der Waals surface area contributed by atoms with Gasteiger partial charge in [-0.2, -0.15) is 9.78 Å². The van der Waals surface area contributed by atoms with Gasteiger partial charge in [0.25, 0.3) is 5.56 Å². The van der Waals surface area contributed by atoms with Crippen LogP contribution in [0, 0.1) is 0 Å². The van der Waals surface area contributed by atoms with E-state index >= 15 is 0 Å². The van der Waals surface area contributed by atoms with Crippen LogP contribution in [0.25, 0.3) is 10.9 Å². The lowest BCUT2D eigenvalue weighted by molar-refractivity contribution is 0.123. The molecule has 0 amide bonds. The van der Waals surface area contributed by atoms with Crippen molar-refractivity contribution >= 4 is 23.3 Å². The van der Waals surface area contributed by atoms with Crippen molar-refractivity contribution < 1.29 is 14.7 Å². The first-order chi connectivity index (χ1) is 15.7. The lowest BCUT2D eigenvalue weighted by Crippen LogP contribution is -2.22. The summed E-state index contributed by atoms with van der Waals surface area (Å²) in [7, 11) is 1.60. The van der Waals surface area contributed by atoms with Crippen molar-refractivity contribution in [2.75, 3.05) is 7.11 Å². The Bertz CT molecular complexity index is 1340. The van der Waals surface area contributed by atoms with Gasteiger partial charge in [0.15, 0.2) is 12.4 Å². The van der Waals surface area contributed by atoms with Crippen molar-refractivity contribution in [1.29, 1.82) is 0 Å². The number of aromatic nitrogens is 2. The van der Waals surface area contributed by atoms with Gasteiger partial charge in [-0.25, -0.2) is 4.98 Å². The van der Waals surface area contributed by atoms with Gasteiger partial charge < -0.3 is 14.7 Å². The molecule has 1 N–H and O–H groups in total. The molecule has 0 aliphatic heterocycles. The van der Waals surface area contributed by atoms with Crippen LogP contribution in [0.2, 0.25) is 0 Å². The molecule has 0 radical (unpaired) electrons. The normalized spacial score (nSPS) is 11.4. The first-order valence-electron chi connectivity index (χ1n) is 9.78. The molecule has 0 unspecified atom stereocenters. The summed E-state index contributed by atoms with van der Waals surface area (Å²) in [5.74, 6) is 1.07. The highest BCUT2D eigenvalue weighted by Crippen LogP contribution is 2.14. The Morgan fingerprint density at radius 3 is 2.53 bits per heavy atom. The quantitative estimate of drug-likeness (QED) is 0.359. The van der Waals surface area contributed by atoms with E-state index in [1.165, 1.54) is 6.21 Å². The average Bonchev–Trinajstić information content (AvgIpc) is 2.83. The second-order valence-corrected chi connectivity index (χ2v) is 6.75. The fourth-order valence-corrected chi connectivity index (χ4v) is 2.98. The number of ether oxygens (including phenoxy) is 1. The Morgan fingerprint density at radius 1 is 1.00 bits per heavy atom. The molecule has 0 aliphatic carbocycles. The molecule has 3 aromatic carbocycles. The second kappa shape index (κ2) is 9.57. The van der Waals surface area contributed by atoms with Gasteiger partial charge in [0.05, 0.1) is 30.4 Å². The lowest BCUT2D eigenvalue weighted by Gasteiger charge is -2.08. The monoisotopic (exact) mass is 428 g/mol. The summed E-state index contributed by atoms with van der Waals surface area (Å²) in [5.41, 5.74) is 1.48. The Morgan fingerprint density at radius 2 is 1.75 bits per heavy atom. The summed E-state index contributed by atoms with van der Waals surface area (Å²) >= 11 is 0. The summed E-state index contributed by atoms with van der Waals surface area (Å²) in [5, 5.41) is 18.6. The molecule has 8 heteroatoms. The number of hydrogen-bond acceptors (Lipinski definition) is 7. The van der Waals surface area contributed by atoms with Crippen LogP contribution in [0.4, 0.5) is 0 Å². The summed E-state index contributed by atoms with van der Waals surface area (Å²) in [6, 6.07) is 21.0. The van der Waals surface area contributed by atoms with E-state index in [2.05, 4.69) is 15.2 Å². The van der Waals surface area contributed by atoms with Crippen molar-refractivity contribution in [1.82, 2.24) is 9.66 Å². The minimum Gasteiger partial charge on any atom is -0.507 e. The second-order valence-electron chi connectivity index (χ2n) is 6.75. The standard InChI is InChI=1S/C24H20N4O4/c1-31-19-12-10-17(11-13-19)14-26-32-16-23-27-21-8-4-3-7-20(21)24(30)28(23)25-15-18-6-2-5-9-22(18)29/h2-15,29H,16H2,1H3/b25-15-,26-14-. The molecular formula is C24H20N4O4. The first-order valence-corrected chi connectivity index (χ1v) is 9.78. The highest BCUT2D eigenvalue weighted by Gasteiger charge is 2.11. The predicted octanol–water partition coefficient (Wildman–Crippen LogP) is 3.54. The number of benzene rings is 3. The summed E-state index contributed by atoms with van der Waals surface area (Å²) in [6.45, 7) is -0.0785. The van der Waals surface area contributed by atoms with Gasteiger partial charge in [-0.1, -0.05) is 29.4 Å². The minimum absolute atomic E-state index is 0.0555. The van der Waals surface area contributed by atoms with Crippen LogP contribution < -0.4 is 10.3 Å². The molecule has 8 nitrogen and oxygen atoms in total. The number of oxime groups is 1. The van der Waals surface area contributed by atoms with Crippen molar-refractivity contribution in [3.8, 4) is 11.5 Å². The van der Waals surface area contributed by atoms with Crippen molar-refractivity contribution in [3.63, 3.8) is 0 Å². The fraction of sp³-hybridized carbons (Fsp3) is 0.0833. The van der Waals surface area contributed by atoms with Crippen LogP contribution in [-0.2, 0) is 11.4 Å². The van der Waals surface area contributed by atoms with E-state index in [0.717, 1.165) is 16.0 Å². The smallest absolute Gasteiger partial charge is 0.282 e. The van der Waals surface area contributed by atoms with Gasteiger partial charge in [-0.15, -0.1) is 0 Å². The molecule has 0 atom stereocenters. The van der Waals surface area contributed by atoms with Crippen LogP contribution in [0.3, 0.4) is 0 Å². The lowest BCUT2D eigenvalue weighted by atomic mass is 10.2. The molecule has 0 fully saturated rings. The molecule has 160 valence electrons. The molecule has 32 heavy (non-hydrogen) atoms. The number of rotatable bonds is 7. The third kappa shape index (κ3) is 4.65. The van der Waals surface area contributed by atoms with Gasteiger partial charge in [-0.05, 0) is 54.1 Å². The number of methoxy groups -OCH3 is 1. The van der Waals surface area contributed by atoms with Gasteiger partial charge in [0, 0.05) is 5.56 Å². The molecule has 0 bridgehead atoms. The van der Waals surface area contributed by atoms with Gasteiger partial charge >= 0.3 is 0 Å². The zero-order valence-corrected chi connectivity index (χ0v) is 17.3. The van der Waals surface area contributed by atoms with Crippen molar-refractivity contribution in [2.24, 2.45) is 10.3 Å². The number of fused-ring (bicyclic) bond motifs is 1. The zero-order chi connectivity index (χ0) is 22.3. The molecule has 1 aromatic heterocycles. The number of hydrogen-bond donors (Lipinski definition) is 1. The number of nitrogens with zero attached hydrogens (tertiary/aromatic N) is 4. The molecule has 0 spiro atoms. The van der Waals surface area contributed by atoms with Crippen molar-refractivity contribution in [2.45, 2.75) is 6.61 Å². The van der Waals surface area contributed by atoms with E-state index in [1.54, 1.807) is 61.9 Å². The van der Waals surface area contributed by atoms with Crippen molar-refractivity contribution in [3.05, 3.63) is 100 Å². The minimum atomic E-state index is -0.347. The Labute approximate surface area is 183 Å². The number of phenolic OH excluding ortho intramolecular Hbond substituents is 1. The van der Waals surface area contributed by atoms with Crippen LogP contribution >= 0.6 is 0 Å². The molecular weight excluding hydrogens is 408 g/mol. The average molecular weight is 428 g/mol. The zero-order valence-electron chi connectivity index (χ0n) is 17.3. The van der Waals surface area contributed by atoms with E-state index in [0.29, 0.717) is 16.5 Å². The fourth-order valence-electron chi connectivity index (χ4n) is 2.98. The third-order valence-corrected chi connectivity index (χ3v) is 4.66. The van der Waals surface area contributed by atoms with Crippen LogP contribution in [0.5, 0.6) is 11.5 Å². The summed E-state index contributed by atoms with van der Waals surface area (Å²) < 4.78 is 6.28. The highest BCUT2D eigenvalue weighted by molar-refractivity contribution is 5.83. The molecule has 1 heterocycles. The summed E-state index contributed by atoms with van der Waals surface area (Å²) in [6.07, 6.45) is 2.95. The maximum Gasteiger partial charge on any atom is 0.282 e. The SMILES string of the molecule is COc1ccc(/C=N\OCc2nc3ccccc3c(=O)n2/N=C\c2ccccc2O)cc1. The van der Waals surface area contributed by atoms with E-state index in [9.17, 15) is 9.90 Å². The Hall–Kier alpha value is -4.46. The highest BCUT2D eigenvalue weighted by atomic mass is 16.6. The number of para-hydroxylation sites is 2. The maximum atomic E-state index is 13.0. The van der Waals surface area contributed by atoms with Crippen LogP contribution in [-0.4, -0.2) is 34.3 Å². The van der Waals surface area contributed by atoms with Gasteiger partial charge in [-0.3, -0.25) is 4.79 Å². The number of phenols is 1. The van der Waals surface area contributed by atoms with Gasteiger partial charge in [0.1, 0.15) is 11.5 Å². The molecule has 4 rings (SSSR count). The number of aromatic hydroxyl groups is 1. The Balaban J connectivity index is 1.61. The third-order valence-electron chi connectivity index (χ3n) is 4.66. The maximum absolute atomic E-state index is 13.0. The van der Waals surface area contributed by atoms with Gasteiger partial charge in [0.2, 0.25) is 0 Å². The predicted molar refractivity (Wildman–Crippen MR) is 122 cm³/mol. The molecule has 0 saturated heterocycles. The Kier molecular flexibility index (Phi) is 6.22. The van der Waals surface area contributed by atoms with E-state index in [-0.39, 0.29) is 23.7 Å². The molecule has 0 aliphatic rings. The van der Waals surface area contributed by atoms with E-state index in [4.69, 9.17) is 9.57 Å². The largest absolute Gasteiger partial charge is 0.507 e.